The largest absolute Gasteiger partial charge is 0.497 e. The number of carbonyl (C=O) groups is 1. The van der Waals surface area contributed by atoms with Crippen LogP contribution in [0.25, 0.3) is 5.57 Å². The minimum Gasteiger partial charge on any atom is -0.497 e. The second kappa shape index (κ2) is 11.1. The normalized spacial score (nSPS) is 15.1. The quantitative estimate of drug-likeness (QED) is 0.169. The monoisotopic (exact) mass is 421 g/mol. The number of nitro benzene ring substituents is 1. The zero-order valence-electron chi connectivity index (χ0n) is 17.7. The first-order chi connectivity index (χ1) is 15.1. The van der Waals surface area contributed by atoms with Crippen molar-refractivity contribution in [2.24, 2.45) is 5.92 Å². The van der Waals surface area contributed by atoms with Gasteiger partial charge in [0.05, 0.1) is 18.5 Å². The molecule has 31 heavy (non-hydrogen) atoms. The molecule has 0 saturated heterocycles. The smallest absolute Gasteiger partial charge is 0.315 e. The van der Waals surface area contributed by atoms with Crippen LogP contribution < -0.4 is 9.47 Å². The van der Waals surface area contributed by atoms with Crippen molar-refractivity contribution in [2.75, 3.05) is 7.11 Å². The number of allylic oxidation sites excluding steroid dienone is 3. The summed E-state index contributed by atoms with van der Waals surface area (Å²) >= 11 is 0. The van der Waals surface area contributed by atoms with E-state index in [2.05, 4.69) is 18.2 Å². The van der Waals surface area contributed by atoms with Crippen molar-refractivity contribution in [1.82, 2.24) is 0 Å². The minimum absolute atomic E-state index is 0.0430. The molecule has 0 heterocycles. The molecule has 3 rings (SSSR count). The third-order valence-electron chi connectivity index (χ3n) is 5.44. The van der Waals surface area contributed by atoms with Gasteiger partial charge in [-0.05, 0) is 54.2 Å². The van der Waals surface area contributed by atoms with E-state index < -0.39 is 10.9 Å². The van der Waals surface area contributed by atoms with E-state index in [-0.39, 0.29) is 12.1 Å². The summed E-state index contributed by atoms with van der Waals surface area (Å²) in [6, 6.07) is 13.6. The van der Waals surface area contributed by atoms with Crippen molar-refractivity contribution in [2.45, 2.75) is 38.5 Å². The van der Waals surface area contributed by atoms with Gasteiger partial charge in [-0.15, -0.1) is 0 Å². The predicted octanol–water partition coefficient (Wildman–Crippen LogP) is 6.12. The van der Waals surface area contributed by atoms with E-state index >= 15 is 0 Å². The summed E-state index contributed by atoms with van der Waals surface area (Å²) in [5, 5.41) is 10.7. The molecule has 0 aromatic heterocycles. The molecule has 0 amide bonds. The fraction of sp³-hybridized carbons (Fsp3) is 0.320. The van der Waals surface area contributed by atoms with Gasteiger partial charge in [-0.1, -0.05) is 49.6 Å². The second-order valence-electron chi connectivity index (χ2n) is 7.54. The van der Waals surface area contributed by atoms with Gasteiger partial charge in [0.1, 0.15) is 11.5 Å². The number of hydrogen-bond donors (Lipinski definition) is 0. The van der Waals surface area contributed by atoms with Crippen LogP contribution in [-0.4, -0.2) is 18.0 Å². The SMILES string of the molecule is COc1ccc(/C(=C/C=C/CC(=O)Oc2ccc([N+](=O)[O-])cc2)C2CCCCC2)cc1. The summed E-state index contributed by atoms with van der Waals surface area (Å²) in [7, 11) is 1.66. The molecule has 0 aliphatic heterocycles. The van der Waals surface area contributed by atoms with Gasteiger partial charge in [0.2, 0.25) is 0 Å². The van der Waals surface area contributed by atoms with Gasteiger partial charge in [0.25, 0.3) is 5.69 Å². The maximum atomic E-state index is 12.1. The molecule has 6 heteroatoms. The van der Waals surface area contributed by atoms with Crippen LogP contribution in [0.4, 0.5) is 5.69 Å². The van der Waals surface area contributed by atoms with E-state index in [1.54, 1.807) is 13.2 Å². The average molecular weight is 421 g/mol. The molecule has 1 aliphatic carbocycles. The topological polar surface area (TPSA) is 78.7 Å². The Labute approximate surface area is 182 Å². The Balaban J connectivity index is 1.64. The van der Waals surface area contributed by atoms with Crippen LogP contribution in [0, 0.1) is 16.0 Å². The third-order valence-corrected chi connectivity index (χ3v) is 5.44. The van der Waals surface area contributed by atoms with Gasteiger partial charge in [-0.25, -0.2) is 0 Å². The van der Waals surface area contributed by atoms with Crippen LogP contribution in [0.1, 0.15) is 44.1 Å². The molecule has 0 spiro atoms. The lowest BCUT2D eigenvalue weighted by molar-refractivity contribution is -0.384. The molecule has 1 fully saturated rings. The lowest BCUT2D eigenvalue weighted by atomic mass is 9.80. The summed E-state index contributed by atoms with van der Waals surface area (Å²) in [5.74, 6) is 1.22. The highest BCUT2D eigenvalue weighted by Gasteiger charge is 2.18. The number of carbonyl (C=O) groups excluding carboxylic acids is 1. The first kappa shape index (κ1) is 22.3. The summed E-state index contributed by atoms with van der Waals surface area (Å²) in [4.78, 5) is 22.3. The molecule has 1 aliphatic rings. The van der Waals surface area contributed by atoms with Crippen LogP contribution in [0.5, 0.6) is 11.5 Å². The first-order valence-electron chi connectivity index (χ1n) is 10.5. The Bertz CT molecular complexity index is 939. The second-order valence-corrected chi connectivity index (χ2v) is 7.54. The molecule has 1 saturated carbocycles. The van der Waals surface area contributed by atoms with Gasteiger partial charge in [-0.2, -0.15) is 0 Å². The molecule has 2 aromatic rings. The maximum Gasteiger partial charge on any atom is 0.315 e. The summed E-state index contributed by atoms with van der Waals surface area (Å²) < 4.78 is 10.5. The highest BCUT2D eigenvalue weighted by molar-refractivity contribution is 5.74. The molecule has 0 unspecified atom stereocenters. The van der Waals surface area contributed by atoms with Crippen LogP contribution in [-0.2, 0) is 4.79 Å². The van der Waals surface area contributed by atoms with E-state index in [9.17, 15) is 14.9 Å². The Morgan fingerprint density at radius 2 is 1.68 bits per heavy atom. The molecular weight excluding hydrogens is 394 g/mol. The summed E-state index contributed by atoms with van der Waals surface area (Å²) in [6.45, 7) is 0. The van der Waals surface area contributed by atoms with E-state index in [1.165, 1.54) is 67.5 Å². The molecule has 0 N–H and O–H groups in total. The van der Waals surface area contributed by atoms with Crippen LogP contribution >= 0.6 is 0 Å². The molecule has 0 bridgehead atoms. The standard InChI is InChI=1S/C25H27NO5/c1-30-22-15-11-20(12-16-22)24(19-7-3-2-4-8-19)9-5-6-10-25(27)31-23-17-13-21(14-18-23)26(28)29/h5-6,9,11-19H,2-4,7-8,10H2,1H3/b6-5+,24-9+. The molecule has 6 nitrogen and oxygen atoms in total. The number of rotatable bonds is 8. The van der Waals surface area contributed by atoms with Gasteiger partial charge in [0.15, 0.2) is 0 Å². The fourth-order valence-electron chi connectivity index (χ4n) is 3.81. The third kappa shape index (κ3) is 6.54. The molecular formula is C25H27NO5. The van der Waals surface area contributed by atoms with Crippen LogP contribution in [0.2, 0.25) is 0 Å². The summed E-state index contributed by atoms with van der Waals surface area (Å²) in [6.07, 6.45) is 12.0. The van der Waals surface area contributed by atoms with Crippen molar-refractivity contribution in [3.63, 3.8) is 0 Å². The Morgan fingerprint density at radius 3 is 2.29 bits per heavy atom. The van der Waals surface area contributed by atoms with Gasteiger partial charge in [-0.3, -0.25) is 14.9 Å². The number of ether oxygens (including phenoxy) is 2. The van der Waals surface area contributed by atoms with Crippen molar-refractivity contribution in [3.8, 4) is 11.5 Å². The van der Waals surface area contributed by atoms with E-state index in [0.29, 0.717) is 11.7 Å². The molecule has 0 radical (unpaired) electrons. The zero-order valence-corrected chi connectivity index (χ0v) is 17.7. The number of esters is 1. The van der Waals surface area contributed by atoms with Crippen molar-refractivity contribution < 1.29 is 19.2 Å². The van der Waals surface area contributed by atoms with Gasteiger partial charge >= 0.3 is 5.97 Å². The van der Waals surface area contributed by atoms with Crippen LogP contribution in [0.3, 0.4) is 0 Å². The van der Waals surface area contributed by atoms with Crippen molar-refractivity contribution >= 4 is 17.2 Å². The number of nitro groups is 1. The van der Waals surface area contributed by atoms with E-state index in [4.69, 9.17) is 9.47 Å². The molecule has 0 atom stereocenters. The maximum absolute atomic E-state index is 12.1. The molecule has 2 aromatic carbocycles. The number of benzene rings is 2. The lowest BCUT2D eigenvalue weighted by Gasteiger charge is -2.25. The number of nitrogens with zero attached hydrogens (tertiary/aromatic N) is 1. The highest BCUT2D eigenvalue weighted by Crippen LogP contribution is 2.36. The number of hydrogen-bond acceptors (Lipinski definition) is 5. The van der Waals surface area contributed by atoms with Gasteiger partial charge < -0.3 is 9.47 Å². The van der Waals surface area contributed by atoms with Crippen LogP contribution in [0.15, 0.2) is 66.8 Å². The summed E-state index contributed by atoms with van der Waals surface area (Å²) in [5.41, 5.74) is 2.41. The Kier molecular flexibility index (Phi) is 7.98. The zero-order chi connectivity index (χ0) is 22.1. The average Bonchev–Trinajstić information content (AvgIpc) is 2.80. The van der Waals surface area contributed by atoms with E-state index in [0.717, 1.165) is 5.75 Å². The number of non-ortho nitro benzene ring substituents is 1. The highest BCUT2D eigenvalue weighted by atomic mass is 16.6. The van der Waals surface area contributed by atoms with E-state index in [1.807, 2.05) is 18.2 Å². The lowest BCUT2D eigenvalue weighted by Crippen LogP contribution is -2.08. The number of methoxy groups -OCH3 is 1. The Hall–Kier alpha value is -3.41. The van der Waals surface area contributed by atoms with Crippen molar-refractivity contribution in [3.05, 3.63) is 82.4 Å². The minimum atomic E-state index is -0.493. The predicted molar refractivity (Wildman–Crippen MR) is 120 cm³/mol. The molecule has 162 valence electrons. The van der Waals surface area contributed by atoms with Gasteiger partial charge in [0, 0.05) is 12.1 Å². The fourth-order valence-corrected chi connectivity index (χ4v) is 3.81. The first-order valence-corrected chi connectivity index (χ1v) is 10.5. The van der Waals surface area contributed by atoms with Crippen molar-refractivity contribution in [1.29, 1.82) is 0 Å². The Morgan fingerprint density at radius 1 is 1.03 bits per heavy atom.